The Kier molecular flexibility index (Phi) is 6.77. The van der Waals surface area contributed by atoms with Gasteiger partial charge in [-0.2, -0.15) is 0 Å². The van der Waals surface area contributed by atoms with Crippen LogP contribution >= 0.6 is 0 Å². The Morgan fingerprint density at radius 2 is 2.00 bits per heavy atom. The van der Waals surface area contributed by atoms with Crippen molar-refractivity contribution in [2.24, 2.45) is 0 Å². The summed E-state index contributed by atoms with van der Waals surface area (Å²) < 4.78 is 47.2. The second-order valence-electron chi connectivity index (χ2n) is 9.30. The van der Waals surface area contributed by atoms with Crippen LogP contribution in [0.5, 0.6) is 0 Å². The molecule has 1 saturated heterocycles. The van der Waals surface area contributed by atoms with Crippen LogP contribution in [-0.2, 0) is 9.53 Å². The lowest BCUT2D eigenvalue weighted by atomic mass is 9.87. The maximum Gasteiger partial charge on any atom is 0.266 e. The van der Waals surface area contributed by atoms with Gasteiger partial charge in [0.1, 0.15) is 29.4 Å². The third kappa shape index (κ3) is 4.47. The van der Waals surface area contributed by atoms with E-state index in [2.05, 4.69) is 15.3 Å². The molecule has 1 aromatic carbocycles. The van der Waals surface area contributed by atoms with E-state index in [4.69, 9.17) is 4.74 Å². The highest BCUT2D eigenvalue weighted by Crippen LogP contribution is 2.42. The molecule has 2 aliphatic heterocycles. The Morgan fingerprint density at radius 1 is 1.29 bits per heavy atom. The predicted molar refractivity (Wildman–Crippen MR) is 128 cm³/mol. The summed E-state index contributed by atoms with van der Waals surface area (Å²) in [6, 6.07) is 3.38. The highest BCUT2D eigenvalue weighted by atomic mass is 19.3. The molecule has 0 saturated carbocycles. The van der Waals surface area contributed by atoms with Gasteiger partial charge in [0, 0.05) is 45.7 Å². The van der Waals surface area contributed by atoms with E-state index in [1.165, 1.54) is 18.5 Å². The molecule has 1 amide bonds. The number of halogens is 3. The number of anilines is 2. The van der Waals surface area contributed by atoms with Gasteiger partial charge in [0.05, 0.1) is 23.7 Å². The normalized spacial score (nSPS) is 22.8. The Bertz CT molecular complexity index is 1160. The SMILES string of the molecule is CO[C@]1(C2=Cc3c(N[C@H](C)c4cccc(C(F)F)c4F)ncnc3N(C)C2)C[C@@H](C)N(C(C)=O)C1. The molecule has 0 unspecified atom stereocenters. The molecule has 4 rings (SSSR count). The van der Waals surface area contributed by atoms with Gasteiger partial charge in [0.2, 0.25) is 5.91 Å². The van der Waals surface area contributed by atoms with Gasteiger partial charge >= 0.3 is 0 Å². The van der Waals surface area contributed by atoms with E-state index in [0.29, 0.717) is 36.7 Å². The fraction of sp³-hybridized carbons (Fsp3) is 0.480. The van der Waals surface area contributed by atoms with Crippen LogP contribution in [0.15, 0.2) is 30.1 Å². The van der Waals surface area contributed by atoms with E-state index in [9.17, 15) is 18.0 Å². The number of aromatic nitrogens is 2. The van der Waals surface area contributed by atoms with Crippen LogP contribution in [0.3, 0.4) is 0 Å². The zero-order valence-electron chi connectivity index (χ0n) is 20.5. The summed E-state index contributed by atoms with van der Waals surface area (Å²) in [4.78, 5) is 24.7. The molecule has 1 N–H and O–H groups in total. The van der Waals surface area contributed by atoms with Crippen molar-refractivity contribution in [3.63, 3.8) is 0 Å². The first kappa shape index (κ1) is 25.0. The number of hydrogen-bond acceptors (Lipinski definition) is 6. The van der Waals surface area contributed by atoms with Crippen molar-refractivity contribution in [1.82, 2.24) is 14.9 Å². The second-order valence-corrected chi connectivity index (χ2v) is 9.30. The Morgan fingerprint density at radius 3 is 2.63 bits per heavy atom. The number of ether oxygens (including phenoxy) is 1. The number of alkyl halides is 2. The number of carbonyl (C=O) groups is 1. The molecule has 188 valence electrons. The molecule has 0 aliphatic carbocycles. The highest BCUT2D eigenvalue weighted by Gasteiger charge is 2.47. The van der Waals surface area contributed by atoms with Gasteiger partial charge < -0.3 is 19.9 Å². The lowest BCUT2D eigenvalue weighted by Gasteiger charge is -2.37. The number of methoxy groups -OCH3 is 1. The van der Waals surface area contributed by atoms with E-state index in [1.807, 2.05) is 24.9 Å². The minimum atomic E-state index is -2.90. The van der Waals surface area contributed by atoms with Crippen LogP contribution in [0.25, 0.3) is 6.08 Å². The summed E-state index contributed by atoms with van der Waals surface area (Å²) in [6.07, 6.45) is 1.13. The monoisotopic (exact) mass is 489 g/mol. The molecule has 3 atom stereocenters. The van der Waals surface area contributed by atoms with Crippen molar-refractivity contribution < 1.29 is 22.7 Å². The standard InChI is InChI=1S/C25H30F3N5O2/c1-14-10-25(35-5,12-33(14)16(3)34)17-9-20-23(29-13-30-24(20)32(4)11-17)31-15(2)18-7-6-8-19(21(18)26)22(27)28/h6-9,13-15,22H,10-12H2,1-5H3,(H,29,30,31)/t14-,15-,25-/m1/s1. The van der Waals surface area contributed by atoms with Gasteiger partial charge in [-0.1, -0.05) is 18.2 Å². The molecular formula is C25H30F3N5O2. The molecule has 1 aromatic heterocycles. The van der Waals surface area contributed by atoms with E-state index >= 15 is 0 Å². The molecule has 2 aliphatic rings. The summed E-state index contributed by atoms with van der Waals surface area (Å²) in [7, 11) is 3.55. The maximum atomic E-state index is 14.8. The average molecular weight is 490 g/mol. The van der Waals surface area contributed by atoms with Gasteiger partial charge in [-0.15, -0.1) is 0 Å². The summed E-state index contributed by atoms with van der Waals surface area (Å²) in [5.74, 6) is 0.200. The third-order valence-corrected chi connectivity index (χ3v) is 7.03. The Hall–Kier alpha value is -3.14. The van der Waals surface area contributed by atoms with Crippen molar-refractivity contribution in [2.45, 2.75) is 51.3 Å². The number of likely N-dealkylation sites (tertiary alicyclic amines) is 1. The van der Waals surface area contributed by atoms with Gasteiger partial charge in [0.15, 0.2) is 0 Å². The van der Waals surface area contributed by atoms with Crippen LogP contribution in [0.4, 0.5) is 24.8 Å². The fourth-order valence-corrected chi connectivity index (χ4v) is 5.13. The molecule has 3 heterocycles. The topological polar surface area (TPSA) is 70.6 Å². The van der Waals surface area contributed by atoms with E-state index in [0.717, 1.165) is 11.6 Å². The molecule has 35 heavy (non-hydrogen) atoms. The second kappa shape index (κ2) is 9.49. The lowest BCUT2D eigenvalue weighted by molar-refractivity contribution is -0.130. The summed E-state index contributed by atoms with van der Waals surface area (Å²) in [5.41, 5.74) is 0.502. The van der Waals surface area contributed by atoms with Crippen LogP contribution in [0, 0.1) is 5.82 Å². The zero-order valence-corrected chi connectivity index (χ0v) is 20.5. The van der Waals surface area contributed by atoms with Gasteiger partial charge in [-0.25, -0.2) is 23.1 Å². The van der Waals surface area contributed by atoms with E-state index in [1.54, 1.807) is 25.9 Å². The van der Waals surface area contributed by atoms with Crippen LogP contribution in [0.2, 0.25) is 0 Å². The first-order valence-corrected chi connectivity index (χ1v) is 11.5. The quantitative estimate of drug-likeness (QED) is 0.640. The molecule has 0 radical (unpaired) electrons. The Labute approximate surface area is 203 Å². The Balaban J connectivity index is 1.71. The molecule has 1 fully saturated rings. The highest BCUT2D eigenvalue weighted by molar-refractivity contribution is 5.80. The summed E-state index contributed by atoms with van der Waals surface area (Å²) in [6.45, 7) is 6.24. The number of fused-ring (bicyclic) bond motifs is 1. The molecule has 0 spiro atoms. The minimum absolute atomic E-state index is 0.00541. The van der Waals surface area contributed by atoms with Gasteiger partial charge in [-0.05, 0) is 25.5 Å². The summed E-state index contributed by atoms with van der Waals surface area (Å²) in [5, 5.41) is 3.18. The number of nitrogens with one attached hydrogen (secondary N) is 1. The summed E-state index contributed by atoms with van der Waals surface area (Å²) >= 11 is 0. The fourth-order valence-electron chi connectivity index (χ4n) is 5.13. The predicted octanol–water partition coefficient (Wildman–Crippen LogP) is 4.59. The van der Waals surface area contributed by atoms with Crippen molar-refractivity contribution >= 4 is 23.6 Å². The number of hydrogen-bond donors (Lipinski definition) is 1. The zero-order chi connectivity index (χ0) is 25.5. The largest absolute Gasteiger partial charge is 0.372 e. The minimum Gasteiger partial charge on any atom is -0.372 e. The lowest BCUT2D eigenvalue weighted by Crippen LogP contribution is -2.43. The third-order valence-electron chi connectivity index (χ3n) is 7.03. The van der Waals surface area contributed by atoms with Crippen molar-refractivity contribution in [2.75, 3.05) is 37.5 Å². The first-order chi connectivity index (χ1) is 16.6. The van der Waals surface area contributed by atoms with Crippen molar-refractivity contribution in [3.8, 4) is 0 Å². The number of carbonyl (C=O) groups excluding carboxylic acids is 1. The van der Waals surface area contributed by atoms with Crippen LogP contribution < -0.4 is 10.2 Å². The van der Waals surface area contributed by atoms with E-state index < -0.39 is 29.4 Å². The molecule has 7 nitrogen and oxygen atoms in total. The smallest absolute Gasteiger partial charge is 0.266 e. The van der Waals surface area contributed by atoms with Crippen LogP contribution in [-0.4, -0.2) is 59.7 Å². The number of nitrogens with zero attached hydrogens (tertiary/aromatic N) is 4. The number of amides is 1. The molecule has 2 aromatic rings. The van der Waals surface area contributed by atoms with Gasteiger partial charge in [-0.3, -0.25) is 4.79 Å². The van der Waals surface area contributed by atoms with Crippen molar-refractivity contribution in [1.29, 1.82) is 0 Å². The number of likely N-dealkylation sites (N-methyl/N-ethyl adjacent to an activating group) is 1. The first-order valence-electron chi connectivity index (χ1n) is 11.5. The number of rotatable bonds is 6. The maximum absolute atomic E-state index is 14.8. The van der Waals surface area contributed by atoms with Gasteiger partial charge in [0.25, 0.3) is 6.43 Å². The van der Waals surface area contributed by atoms with Crippen LogP contribution in [0.1, 0.15) is 56.3 Å². The number of benzene rings is 1. The van der Waals surface area contributed by atoms with E-state index in [-0.39, 0.29) is 17.5 Å². The molecule has 0 bridgehead atoms. The average Bonchev–Trinajstić information content (AvgIpc) is 3.17. The molecule has 10 heteroatoms. The molecular weight excluding hydrogens is 459 g/mol. The van der Waals surface area contributed by atoms with Crippen molar-refractivity contribution in [3.05, 3.63) is 52.6 Å².